The van der Waals surface area contributed by atoms with E-state index in [0.29, 0.717) is 17.7 Å². The van der Waals surface area contributed by atoms with Gasteiger partial charge in [0.05, 0.1) is 25.5 Å². The molecule has 6 rings (SSSR count). The molecule has 3 atom stereocenters. The second kappa shape index (κ2) is 11.6. The maximum Gasteiger partial charge on any atom is 0.309 e. The van der Waals surface area contributed by atoms with E-state index >= 15 is 0 Å². The number of piperidine rings is 1. The molecule has 0 bridgehead atoms. The summed E-state index contributed by atoms with van der Waals surface area (Å²) < 4.78 is 23.8. The van der Waals surface area contributed by atoms with Crippen LogP contribution in [0.4, 0.5) is 0 Å². The number of aliphatic hydroxyl groups excluding tert-OH is 1. The van der Waals surface area contributed by atoms with Crippen molar-refractivity contribution in [1.29, 1.82) is 0 Å². The van der Waals surface area contributed by atoms with Gasteiger partial charge in [-0.1, -0.05) is 30.3 Å². The SMILES string of the molecule is COc1ccc2cc([C@H]3CCN(n4c(C)cc5c(OC[C@H](O)C6OC(=O)CCC(=O)O6)cccc54)[C@@H](C)C3)ccc2c1. The van der Waals surface area contributed by atoms with Gasteiger partial charge in [0, 0.05) is 23.7 Å². The van der Waals surface area contributed by atoms with Crippen LogP contribution in [0.1, 0.15) is 49.8 Å². The Labute approximate surface area is 244 Å². The van der Waals surface area contributed by atoms with E-state index in [9.17, 15) is 14.7 Å². The molecule has 3 heterocycles. The number of benzene rings is 3. The first kappa shape index (κ1) is 27.9. The summed E-state index contributed by atoms with van der Waals surface area (Å²) in [4.78, 5) is 23.5. The number of carbonyl (C=O) groups is 2. The fourth-order valence-electron chi connectivity index (χ4n) is 6.19. The third-order valence-corrected chi connectivity index (χ3v) is 8.35. The topological polar surface area (TPSA) is 99.5 Å². The van der Waals surface area contributed by atoms with Crippen molar-refractivity contribution < 1.29 is 33.6 Å². The number of aliphatic hydroxyl groups is 1. The normalized spacial score (nSPS) is 20.7. The Morgan fingerprint density at radius 1 is 1.00 bits per heavy atom. The molecule has 0 saturated carbocycles. The van der Waals surface area contributed by atoms with Crippen molar-refractivity contribution in [2.24, 2.45) is 0 Å². The molecule has 0 amide bonds. The van der Waals surface area contributed by atoms with Crippen LogP contribution in [0.25, 0.3) is 21.7 Å². The highest BCUT2D eigenvalue weighted by molar-refractivity contribution is 5.88. The van der Waals surface area contributed by atoms with Crippen LogP contribution in [-0.4, -0.2) is 60.4 Å². The number of hydrogen-bond acceptors (Lipinski definition) is 8. The molecule has 2 fully saturated rings. The third kappa shape index (κ3) is 5.48. The number of fused-ring (bicyclic) bond motifs is 2. The minimum Gasteiger partial charge on any atom is -0.497 e. The molecule has 0 unspecified atom stereocenters. The fourth-order valence-corrected chi connectivity index (χ4v) is 6.19. The zero-order valence-corrected chi connectivity index (χ0v) is 24.1. The van der Waals surface area contributed by atoms with E-state index in [4.69, 9.17) is 18.9 Å². The molecule has 42 heavy (non-hydrogen) atoms. The van der Waals surface area contributed by atoms with Crippen LogP contribution in [-0.2, 0) is 19.1 Å². The van der Waals surface area contributed by atoms with Crippen LogP contribution in [0.15, 0.2) is 60.7 Å². The van der Waals surface area contributed by atoms with Gasteiger partial charge < -0.3 is 29.1 Å². The van der Waals surface area contributed by atoms with E-state index in [1.807, 2.05) is 18.2 Å². The van der Waals surface area contributed by atoms with Gasteiger partial charge in [-0.05, 0) is 79.3 Å². The monoisotopic (exact) mass is 572 g/mol. The zero-order chi connectivity index (χ0) is 29.4. The van der Waals surface area contributed by atoms with Gasteiger partial charge in [-0.15, -0.1) is 0 Å². The van der Waals surface area contributed by atoms with Crippen LogP contribution in [0.2, 0.25) is 0 Å². The van der Waals surface area contributed by atoms with Gasteiger partial charge in [-0.25, -0.2) is 0 Å². The average molecular weight is 573 g/mol. The summed E-state index contributed by atoms with van der Waals surface area (Å²) in [6.07, 6.45) is -0.768. The molecule has 2 aliphatic rings. The Morgan fingerprint density at radius 3 is 2.48 bits per heavy atom. The van der Waals surface area contributed by atoms with Crippen molar-refractivity contribution in [2.75, 3.05) is 25.3 Å². The van der Waals surface area contributed by atoms with Gasteiger partial charge in [-0.2, -0.15) is 0 Å². The van der Waals surface area contributed by atoms with Gasteiger partial charge >= 0.3 is 11.9 Å². The van der Waals surface area contributed by atoms with Crippen LogP contribution < -0.4 is 14.5 Å². The lowest BCUT2D eigenvalue weighted by atomic mass is 9.85. The molecule has 0 radical (unpaired) electrons. The molecular weight excluding hydrogens is 536 g/mol. The molecular formula is C33H36N2O7. The number of hydrogen-bond donors (Lipinski definition) is 1. The molecule has 9 heteroatoms. The zero-order valence-electron chi connectivity index (χ0n) is 24.1. The molecule has 2 saturated heterocycles. The van der Waals surface area contributed by atoms with Gasteiger partial charge in [0.25, 0.3) is 6.29 Å². The second-order valence-electron chi connectivity index (χ2n) is 11.2. The van der Waals surface area contributed by atoms with E-state index in [1.165, 1.54) is 16.3 Å². The molecule has 3 aromatic carbocycles. The number of esters is 2. The van der Waals surface area contributed by atoms with Crippen molar-refractivity contribution in [1.82, 2.24) is 4.68 Å². The molecule has 0 spiro atoms. The first-order chi connectivity index (χ1) is 20.3. The van der Waals surface area contributed by atoms with Crippen LogP contribution in [0, 0.1) is 6.92 Å². The molecule has 0 aliphatic carbocycles. The Morgan fingerprint density at radius 2 is 1.74 bits per heavy atom. The summed E-state index contributed by atoms with van der Waals surface area (Å²) in [6.45, 7) is 5.06. The van der Waals surface area contributed by atoms with Gasteiger partial charge in [0.15, 0.2) is 6.10 Å². The van der Waals surface area contributed by atoms with Crippen molar-refractivity contribution in [3.8, 4) is 11.5 Å². The number of nitrogens with zero attached hydrogens (tertiary/aromatic N) is 2. The summed E-state index contributed by atoms with van der Waals surface area (Å²) in [6, 6.07) is 21.2. The van der Waals surface area contributed by atoms with E-state index in [2.05, 4.69) is 66.0 Å². The fraction of sp³-hybridized carbons (Fsp3) is 0.394. The molecule has 220 valence electrons. The van der Waals surface area contributed by atoms with Crippen molar-refractivity contribution in [3.63, 3.8) is 0 Å². The summed E-state index contributed by atoms with van der Waals surface area (Å²) in [5.41, 5.74) is 3.46. The van der Waals surface area contributed by atoms with Gasteiger partial charge in [0.2, 0.25) is 0 Å². The number of methoxy groups -OCH3 is 1. The van der Waals surface area contributed by atoms with Crippen molar-refractivity contribution >= 4 is 33.6 Å². The Balaban J connectivity index is 1.17. The first-order valence-electron chi connectivity index (χ1n) is 14.5. The second-order valence-corrected chi connectivity index (χ2v) is 11.2. The minimum atomic E-state index is -1.38. The smallest absolute Gasteiger partial charge is 0.309 e. The maximum atomic E-state index is 11.8. The minimum absolute atomic E-state index is 0.0669. The largest absolute Gasteiger partial charge is 0.497 e. The lowest BCUT2D eigenvalue weighted by Crippen LogP contribution is -2.47. The summed E-state index contributed by atoms with van der Waals surface area (Å²) in [5.74, 6) is 0.761. The summed E-state index contributed by atoms with van der Waals surface area (Å²) in [5, 5.41) is 16.3. The van der Waals surface area contributed by atoms with Gasteiger partial charge in [-0.3, -0.25) is 14.3 Å². The number of cyclic esters (lactones) is 2. The highest BCUT2D eigenvalue weighted by Gasteiger charge is 2.32. The van der Waals surface area contributed by atoms with Crippen LogP contribution in [0.5, 0.6) is 11.5 Å². The highest BCUT2D eigenvalue weighted by atomic mass is 16.7. The van der Waals surface area contributed by atoms with Gasteiger partial charge in [0.1, 0.15) is 18.1 Å². The first-order valence-corrected chi connectivity index (χ1v) is 14.5. The lowest BCUT2D eigenvalue weighted by molar-refractivity contribution is -0.202. The Hall–Kier alpha value is -4.24. The van der Waals surface area contributed by atoms with Crippen LogP contribution in [0.3, 0.4) is 0 Å². The van der Waals surface area contributed by atoms with Crippen molar-refractivity contribution in [3.05, 3.63) is 71.9 Å². The number of aryl methyl sites for hydroxylation is 1. The average Bonchev–Trinajstić information content (AvgIpc) is 3.23. The Bertz CT molecular complexity index is 1610. The molecule has 1 aromatic heterocycles. The highest BCUT2D eigenvalue weighted by Crippen LogP contribution is 2.36. The number of rotatable bonds is 7. The molecule has 9 nitrogen and oxygen atoms in total. The van der Waals surface area contributed by atoms with E-state index in [0.717, 1.165) is 41.7 Å². The Kier molecular flexibility index (Phi) is 7.68. The molecule has 2 aliphatic heterocycles. The predicted octanol–water partition coefficient (Wildman–Crippen LogP) is 4.96. The quantitative estimate of drug-likeness (QED) is 0.310. The van der Waals surface area contributed by atoms with Crippen molar-refractivity contribution in [2.45, 2.75) is 63.9 Å². The molecule has 1 N–H and O–H groups in total. The number of ether oxygens (including phenoxy) is 4. The third-order valence-electron chi connectivity index (χ3n) is 8.35. The standard InChI is InChI=1S/C33H36N2O7/c1-20-15-25(22-7-8-24-18-26(39-3)10-9-23(24)17-22)13-14-34(20)35-21(2)16-27-28(35)5-4-6-30(27)40-19-29(36)33-41-31(37)11-12-32(38)42-33/h4-10,16-18,20,25,29,33,36H,11-15,19H2,1-3H3/t20-,25-,29-/m0/s1. The summed E-state index contributed by atoms with van der Waals surface area (Å²) >= 11 is 0. The number of aromatic nitrogens is 1. The predicted molar refractivity (Wildman–Crippen MR) is 158 cm³/mol. The molecule has 4 aromatic rings. The summed E-state index contributed by atoms with van der Waals surface area (Å²) in [7, 11) is 1.69. The van der Waals surface area contributed by atoms with E-state index in [-0.39, 0.29) is 19.4 Å². The van der Waals surface area contributed by atoms with E-state index in [1.54, 1.807) is 7.11 Å². The van der Waals surface area contributed by atoms with Crippen LogP contribution >= 0.6 is 0 Å². The lowest BCUT2D eigenvalue weighted by Gasteiger charge is -2.41. The van der Waals surface area contributed by atoms with E-state index < -0.39 is 24.3 Å². The number of carbonyl (C=O) groups excluding carboxylic acids is 2. The maximum absolute atomic E-state index is 11.8.